The molecule has 5 heteroatoms. The van der Waals surface area contributed by atoms with Gasteiger partial charge < -0.3 is 24.4 Å². The van der Waals surface area contributed by atoms with Crippen LogP contribution in [0.15, 0.2) is 0 Å². The van der Waals surface area contributed by atoms with Crippen LogP contribution in [0.3, 0.4) is 0 Å². The van der Waals surface area contributed by atoms with Gasteiger partial charge in [0.25, 0.3) is 0 Å². The van der Waals surface area contributed by atoms with E-state index < -0.39 is 5.60 Å². The molecule has 1 aliphatic heterocycles. The lowest BCUT2D eigenvalue weighted by atomic mass is 9.41. The largest absolute Gasteiger partial charge is 0.393 e. The van der Waals surface area contributed by atoms with Crippen molar-refractivity contribution in [2.75, 3.05) is 14.2 Å². The molecule has 6 rings (SSSR count). The van der Waals surface area contributed by atoms with Crippen molar-refractivity contribution < 1.29 is 24.4 Å². The highest BCUT2D eigenvalue weighted by molar-refractivity contribution is 5.32. The summed E-state index contributed by atoms with van der Waals surface area (Å²) in [4.78, 5) is 0. The van der Waals surface area contributed by atoms with Crippen LogP contribution in [0.1, 0.15) is 99.3 Å². The Bertz CT molecular complexity index is 896. The van der Waals surface area contributed by atoms with Gasteiger partial charge in [-0.3, -0.25) is 0 Å². The smallest absolute Gasteiger partial charge is 0.0861 e. The van der Waals surface area contributed by atoms with E-state index >= 15 is 0 Å². The molecular weight excluding hydrogens is 452 g/mol. The summed E-state index contributed by atoms with van der Waals surface area (Å²) < 4.78 is 19.0. The zero-order valence-electron chi connectivity index (χ0n) is 24.1. The number of hydrogen-bond acceptors (Lipinski definition) is 5. The van der Waals surface area contributed by atoms with E-state index in [1.165, 1.54) is 25.7 Å². The van der Waals surface area contributed by atoms with E-state index in [0.717, 1.165) is 32.1 Å². The zero-order valence-corrected chi connectivity index (χ0v) is 24.1. The van der Waals surface area contributed by atoms with Gasteiger partial charge in [-0.1, -0.05) is 27.7 Å². The number of ether oxygens (including phenoxy) is 3. The van der Waals surface area contributed by atoms with Crippen LogP contribution in [0.5, 0.6) is 0 Å². The van der Waals surface area contributed by atoms with Gasteiger partial charge in [-0.2, -0.15) is 0 Å². The van der Waals surface area contributed by atoms with Gasteiger partial charge in [0.05, 0.1) is 36.1 Å². The van der Waals surface area contributed by atoms with Gasteiger partial charge in [-0.05, 0) is 111 Å². The van der Waals surface area contributed by atoms with E-state index in [0.29, 0.717) is 28.8 Å². The van der Waals surface area contributed by atoms with Crippen LogP contribution in [-0.2, 0) is 14.2 Å². The predicted molar refractivity (Wildman–Crippen MR) is 139 cm³/mol. The van der Waals surface area contributed by atoms with E-state index in [1.54, 1.807) is 0 Å². The average molecular weight is 505 g/mol. The molecule has 2 spiro atoms. The third-order valence-corrected chi connectivity index (χ3v) is 13.9. The molecule has 9 unspecified atom stereocenters. The van der Waals surface area contributed by atoms with Gasteiger partial charge in [0.15, 0.2) is 0 Å². The Labute approximate surface area is 219 Å². The highest BCUT2D eigenvalue weighted by Gasteiger charge is 2.84. The number of aliphatic hydroxyl groups is 2. The van der Waals surface area contributed by atoms with Crippen molar-refractivity contribution in [3.8, 4) is 0 Å². The quantitative estimate of drug-likeness (QED) is 0.540. The second-order valence-electron chi connectivity index (χ2n) is 15.6. The fourth-order valence-corrected chi connectivity index (χ4v) is 12.2. The fraction of sp³-hybridized carbons (Fsp3) is 1.00. The minimum absolute atomic E-state index is 0.0373. The number of aliphatic hydroxyl groups excluding tert-OH is 1. The average Bonchev–Trinajstić information content (AvgIpc) is 3.05. The standard InChI is InChI=1S/C31H52O5/c1-26(2)22(35-8)11-12-31-17-30(31)14-13-28(5)24(19-9-10-23(36-19)27(3,4)33)18(32)16-29(28,6)21(30)15-20(34-7)25(26)31/h18-25,32-33H,9-17H2,1-8H3/t18?,19?,20-,21?,22?,23?,24?,25-,28?,29-,30?,31?/m0/s1. The number of methoxy groups -OCH3 is 2. The van der Waals surface area contributed by atoms with E-state index in [4.69, 9.17) is 14.2 Å². The Morgan fingerprint density at radius 3 is 2.22 bits per heavy atom. The van der Waals surface area contributed by atoms with E-state index in [9.17, 15) is 10.2 Å². The second-order valence-corrected chi connectivity index (χ2v) is 15.6. The molecule has 2 N–H and O–H groups in total. The van der Waals surface area contributed by atoms with Gasteiger partial charge in [-0.15, -0.1) is 0 Å². The molecule has 6 aliphatic rings. The van der Waals surface area contributed by atoms with E-state index in [1.807, 2.05) is 28.1 Å². The molecule has 0 radical (unpaired) electrons. The molecule has 5 aliphatic carbocycles. The maximum atomic E-state index is 11.7. The molecule has 206 valence electrons. The van der Waals surface area contributed by atoms with Crippen LogP contribution in [0.2, 0.25) is 0 Å². The first-order valence-electron chi connectivity index (χ1n) is 14.8. The van der Waals surface area contributed by atoms with Gasteiger partial charge in [0.2, 0.25) is 0 Å². The summed E-state index contributed by atoms with van der Waals surface area (Å²) in [5, 5.41) is 22.3. The summed E-state index contributed by atoms with van der Waals surface area (Å²) in [6.45, 7) is 13.6. The SMILES string of the molecule is COC1CCC23CC24CCC2(C)C(C5CCC(C(C)(C)O)O5)C(O)C[C@@]2(C)C4C[C@H](OC)[C@H]3C1(C)C. The molecule has 5 nitrogen and oxygen atoms in total. The lowest BCUT2D eigenvalue weighted by Crippen LogP contribution is -2.62. The maximum Gasteiger partial charge on any atom is 0.0861 e. The monoisotopic (exact) mass is 504 g/mol. The third-order valence-electron chi connectivity index (χ3n) is 13.9. The molecule has 12 atom stereocenters. The molecule has 0 aromatic carbocycles. The van der Waals surface area contributed by atoms with Crippen molar-refractivity contribution in [3.63, 3.8) is 0 Å². The molecule has 0 aromatic heterocycles. The summed E-state index contributed by atoms with van der Waals surface area (Å²) in [6.07, 6.45) is 10.1. The van der Waals surface area contributed by atoms with Crippen molar-refractivity contribution in [1.82, 2.24) is 0 Å². The van der Waals surface area contributed by atoms with Crippen molar-refractivity contribution in [1.29, 1.82) is 0 Å². The Hall–Kier alpha value is -0.200. The van der Waals surface area contributed by atoms with Gasteiger partial charge in [-0.25, -0.2) is 0 Å². The van der Waals surface area contributed by atoms with Crippen molar-refractivity contribution >= 4 is 0 Å². The minimum atomic E-state index is -0.836. The summed E-state index contributed by atoms with van der Waals surface area (Å²) in [5.74, 6) is 1.25. The van der Waals surface area contributed by atoms with E-state index in [-0.39, 0.29) is 46.6 Å². The molecule has 36 heavy (non-hydrogen) atoms. The lowest BCUT2D eigenvalue weighted by molar-refractivity contribution is -0.211. The highest BCUT2D eigenvalue weighted by Crippen LogP contribution is 2.89. The predicted octanol–water partition coefficient (Wildman–Crippen LogP) is 5.35. The van der Waals surface area contributed by atoms with Gasteiger partial charge in [0, 0.05) is 20.1 Å². The molecule has 0 aromatic rings. The first kappa shape index (κ1) is 26.0. The van der Waals surface area contributed by atoms with Gasteiger partial charge in [0.1, 0.15) is 0 Å². The van der Waals surface area contributed by atoms with Crippen LogP contribution in [-0.4, -0.2) is 60.6 Å². The number of hydrogen-bond donors (Lipinski definition) is 2. The molecule has 1 heterocycles. The molecule has 5 saturated carbocycles. The van der Waals surface area contributed by atoms with Crippen LogP contribution >= 0.6 is 0 Å². The molecule has 1 saturated heterocycles. The number of rotatable bonds is 4. The van der Waals surface area contributed by atoms with Gasteiger partial charge >= 0.3 is 0 Å². The molecule has 0 bridgehead atoms. The Balaban J connectivity index is 1.35. The van der Waals surface area contributed by atoms with Crippen molar-refractivity contribution in [3.05, 3.63) is 0 Å². The van der Waals surface area contributed by atoms with Crippen LogP contribution < -0.4 is 0 Å². The Kier molecular flexibility index (Phi) is 5.58. The first-order valence-corrected chi connectivity index (χ1v) is 14.8. The normalized spacial score (nSPS) is 57.5. The highest BCUT2D eigenvalue weighted by atomic mass is 16.5. The topological polar surface area (TPSA) is 68.2 Å². The zero-order chi connectivity index (χ0) is 26.1. The molecular formula is C31H52O5. The first-order chi connectivity index (χ1) is 16.7. The van der Waals surface area contributed by atoms with Crippen LogP contribution in [0, 0.1) is 44.8 Å². The van der Waals surface area contributed by atoms with Crippen molar-refractivity contribution in [2.24, 2.45) is 44.8 Å². The maximum absolute atomic E-state index is 11.7. The Morgan fingerprint density at radius 2 is 1.61 bits per heavy atom. The minimum Gasteiger partial charge on any atom is -0.393 e. The number of fused-ring (bicyclic) bond motifs is 2. The Morgan fingerprint density at radius 1 is 0.889 bits per heavy atom. The third kappa shape index (κ3) is 2.96. The van der Waals surface area contributed by atoms with Crippen molar-refractivity contribution in [2.45, 2.75) is 135 Å². The van der Waals surface area contributed by atoms with E-state index in [2.05, 4.69) is 27.7 Å². The van der Waals surface area contributed by atoms with Crippen LogP contribution in [0.4, 0.5) is 0 Å². The summed E-state index contributed by atoms with van der Waals surface area (Å²) >= 11 is 0. The summed E-state index contributed by atoms with van der Waals surface area (Å²) in [5.41, 5.74) is 0.119. The summed E-state index contributed by atoms with van der Waals surface area (Å²) in [7, 11) is 3.82. The fourth-order valence-electron chi connectivity index (χ4n) is 12.2. The second kappa shape index (κ2) is 7.71. The molecule has 6 fully saturated rings. The molecule has 0 amide bonds. The lowest BCUT2D eigenvalue weighted by Gasteiger charge is -2.64. The summed E-state index contributed by atoms with van der Waals surface area (Å²) in [6, 6.07) is 0. The van der Waals surface area contributed by atoms with Crippen LogP contribution in [0.25, 0.3) is 0 Å².